The van der Waals surface area contributed by atoms with Crippen LogP contribution in [-0.2, 0) is 15.1 Å². The summed E-state index contributed by atoms with van der Waals surface area (Å²) >= 11 is 0. The van der Waals surface area contributed by atoms with E-state index in [0.717, 1.165) is 0 Å². The highest BCUT2D eigenvalue weighted by Gasteiger charge is 2.38. The van der Waals surface area contributed by atoms with Crippen LogP contribution in [0.1, 0.15) is 11.1 Å². The van der Waals surface area contributed by atoms with Crippen LogP contribution < -0.4 is 10.8 Å². The Morgan fingerprint density at radius 2 is 1.21 bits per heavy atom. The number of carboxylic acids is 1. The maximum atomic E-state index is 12.0. The molecule has 0 spiro atoms. The minimum atomic E-state index is -1.80. The minimum Gasteiger partial charge on any atom is -0.542 e. The summed E-state index contributed by atoms with van der Waals surface area (Å²) in [5, 5.41) is 11.0. The summed E-state index contributed by atoms with van der Waals surface area (Å²) in [4.78, 5) is 22.9. The number of hydrogen-bond donors (Lipinski definition) is 1. The molecule has 0 aliphatic rings. The number of benzene rings is 2. The quantitative estimate of drug-likeness (QED) is 0.790. The van der Waals surface area contributed by atoms with E-state index in [9.17, 15) is 14.7 Å². The number of ketones is 1. The molecular weight excluding hydrogens is 242 g/mol. The number of carbonyl (C=O) groups is 2. The van der Waals surface area contributed by atoms with Crippen LogP contribution in [-0.4, -0.2) is 11.8 Å². The van der Waals surface area contributed by atoms with E-state index in [0.29, 0.717) is 11.1 Å². The van der Waals surface area contributed by atoms with Gasteiger partial charge in [-0.3, -0.25) is 4.79 Å². The molecule has 0 radical (unpaired) electrons. The van der Waals surface area contributed by atoms with Gasteiger partial charge in [0.1, 0.15) is 11.5 Å². The van der Waals surface area contributed by atoms with Crippen molar-refractivity contribution < 1.29 is 14.7 Å². The number of nitrogens with two attached hydrogens (primary N) is 1. The van der Waals surface area contributed by atoms with Crippen LogP contribution in [0.25, 0.3) is 0 Å². The normalized spacial score (nSPS) is 11.0. The smallest absolute Gasteiger partial charge is 0.207 e. The Labute approximate surface area is 110 Å². The lowest BCUT2D eigenvalue weighted by Gasteiger charge is -2.29. The zero-order chi connectivity index (χ0) is 13.9. The minimum absolute atomic E-state index is 0.412. The Hall–Kier alpha value is -2.46. The Kier molecular flexibility index (Phi) is 3.44. The third kappa shape index (κ3) is 2.26. The zero-order valence-corrected chi connectivity index (χ0v) is 10.1. The number of carbonyl (C=O) groups excluding carboxylic acids is 2. The Bertz CT molecular complexity index is 554. The Morgan fingerprint density at radius 1 is 0.842 bits per heavy atom. The molecule has 0 amide bonds. The van der Waals surface area contributed by atoms with E-state index in [2.05, 4.69) is 0 Å². The first-order chi connectivity index (χ1) is 9.06. The predicted octanol–water partition coefficient (Wildman–Crippen LogP) is 0.208. The number of Topliss-reactive ketones (excluding diaryl/α,β-unsaturated/α-hetero) is 1. The number of carboxylic acid groups (broad SMARTS) is 1. The molecule has 96 valence electrons. The molecule has 2 aromatic carbocycles. The molecule has 2 N–H and O–H groups in total. The van der Waals surface area contributed by atoms with Gasteiger partial charge in [0.25, 0.3) is 0 Å². The average molecular weight is 254 g/mol. The average Bonchev–Trinajstić information content (AvgIpc) is 2.47. The largest absolute Gasteiger partial charge is 0.542 e. The summed E-state index contributed by atoms with van der Waals surface area (Å²) in [5.41, 5.74) is 5.20. The summed E-state index contributed by atoms with van der Waals surface area (Å²) in [6, 6.07) is 16.8. The Balaban J connectivity index is 2.64. The van der Waals surface area contributed by atoms with Crippen molar-refractivity contribution in [2.24, 2.45) is 5.73 Å². The molecule has 0 saturated heterocycles. The monoisotopic (exact) mass is 254 g/mol. The first-order valence-electron chi connectivity index (χ1n) is 5.72. The number of rotatable bonds is 4. The van der Waals surface area contributed by atoms with E-state index >= 15 is 0 Å². The maximum absolute atomic E-state index is 12.0. The zero-order valence-electron chi connectivity index (χ0n) is 10.1. The SMILES string of the molecule is NC(C(=O)C(=O)[O-])(c1ccccc1)c1ccccc1. The molecule has 2 aromatic rings. The van der Waals surface area contributed by atoms with E-state index < -0.39 is 17.3 Å². The van der Waals surface area contributed by atoms with Crippen LogP contribution in [0.3, 0.4) is 0 Å². The van der Waals surface area contributed by atoms with Crippen molar-refractivity contribution in [1.82, 2.24) is 0 Å². The van der Waals surface area contributed by atoms with Gasteiger partial charge in [0.05, 0.1) is 0 Å². The van der Waals surface area contributed by atoms with Crippen LogP contribution in [0.5, 0.6) is 0 Å². The second kappa shape index (κ2) is 5.04. The van der Waals surface area contributed by atoms with E-state index in [4.69, 9.17) is 5.73 Å². The van der Waals surface area contributed by atoms with Gasteiger partial charge in [0.15, 0.2) is 0 Å². The van der Waals surface area contributed by atoms with Gasteiger partial charge < -0.3 is 15.6 Å². The predicted molar refractivity (Wildman–Crippen MR) is 67.9 cm³/mol. The number of aliphatic carboxylic acids is 1. The van der Waals surface area contributed by atoms with Crippen molar-refractivity contribution in [3.8, 4) is 0 Å². The Morgan fingerprint density at radius 3 is 1.53 bits per heavy atom. The molecule has 0 saturated carbocycles. The van der Waals surface area contributed by atoms with Gasteiger partial charge in [-0.05, 0) is 11.1 Å². The van der Waals surface area contributed by atoms with Crippen molar-refractivity contribution in [2.45, 2.75) is 5.54 Å². The lowest BCUT2D eigenvalue weighted by atomic mass is 9.80. The van der Waals surface area contributed by atoms with Crippen LogP contribution in [0.4, 0.5) is 0 Å². The summed E-state index contributed by atoms with van der Waals surface area (Å²) in [6.45, 7) is 0. The van der Waals surface area contributed by atoms with Gasteiger partial charge in [-0.1, -0.05) is 60.7 Å². The fourth-order valence-electron chi connectivity index (χ4n) is 1.99. The van der Waals surface area contributed by atoms with E-state index in [1.165, 1.54) is 0 Å². The van der Waals surface area contributed by atoms with Crippen molar-refractivity contribution >= 4 is 11.8 Å². The van der Waals surface area contributed by atoms with Crippen molar-refractivity contribution in [3.63, 3.8) is 0 Å². The lowest BCUT2D eigenvalue weighted by Crippen LogP contribution is -2.53. The van der Waals surface area contributed by atoms with Gasteiger partial charge in [-0.25, -0.2) is 0 Å². The lowest BCUT2D eigenvalue weighted by molar-refractivity contribution is -0.300. The van der Waals surface area contributed by atoms with Crippen LogP contribution in [0, 0.1) is 0 Å². The van der Waals surface area contributed by atoms with Gasteiger partial charge in [0, 0.05) is 0 Å². The van der Waals surface area contributed by atoms with Gasteiger partial charge in [-0.15, -0.1) is 0 Å². The summed E-state index contributed by atoms with van der Waals surface area (Å²) in [7, 11) is 0. The van der Waals surface area contributed by atoms with Crippen LogP contribution >= 0.6 is 0 Å². The first-order valence-corrected chi connectivity index (χ1v) is 5.72. The van der Waals surface area contributed by atoms with E-state index in [-0.39, 0.29) is 0 Å². The molecule has 19 heavy (non-hydrogen) atoms. The summed E-state index contributed by atoms with van der Waals surface area (Å²) in [6.07, 6.45) is 0. The molecule has 0 atom stereocenters. The fraction of sp³-hybridized carbons (Fsp3) is 0.0667. The first kappa shape index (κ1) is 13.0. The third-order valence-electron chi connectivity index (χ3n) is 3.00. The molecule has 2 rings (SSSR count). The molecule has 0 aliphatic carbocycles. The standard InChI is InChI=1S/C15H13NO3/c16-15(13(17)14(18)19,11-7-3-1-4-8-11)12-9-5-2-6-10-12/h1-10H,16H2,(H,18,19)/p-1. The molecule has 0 aromatic heterocycles. The molecule has 0 unspecified atom stereocenters. The van der Waals surface area contributed by atoms with E-state index in [1.54, 1.807) is 60.7 Å². The molecule has 4 heteroatoms. The highest BCUT2D eigenvalue weighted by molar-refractivity contribution is 6.36. The van der Waals surface area contributed by atoms with Crippen molar-refractivity contribution in [3.05, 3.63) is 71.8 Å². The second-order valence-corrected chi connectivity index (χ2v) is 4.16. The highest BCUT2D eigenvalue weighted by Crippen LogP contribution is 2.27. The molecule has 0 bridgehead atoms. The summed E-state index contributed by atoms with van der Waals surface area (Å²) in [5.74, 6) is -2.96. The van der Waals surface area contributed by atoms with Crippen molar-refractivity contribution in [1.29, 1.82) is 0 Å². The topological polar surface area (TPSA) is 83.2 Å². The number of hydrogen-bond acceptors (Lipinski definition) is 4. The van der Waals surface area contributed by atoms with Crippen molar-refractivity contribution in [2.75, 3.05) is 0 Å². The van der Waals surface area contributed by atoms with Gasteiger partial charge in [0.2, 0.25) is 5.78 Å². The van der Waals surface area contributed by atoms with Gasteiger partial charge in [-0.2, -0.15) is 0 Å². The third-order valence-corrected chi connectivity index (χ3v) is 3.00. The molecule has 0 fully saturated rings. The highest BCUT2D eigenvalue weighted by atomic mass is 16.4. The molecular formula is C15H12NO3-. The molecule has 0 heterocycles. The summed E-state index contributed by atoms with van der Waals surface area (Å²) < 4.78 is 0. The fourth-order valence-corrected chi connectivity index (χ4v) is 1.99. The van der Waals surface area contributed by atoms with E-state index in [1.807, 2.05) is 0 Å². The van der Waals surface area contributed by atoms with Gasteiger partial charge >= 0.3 is 0 Å². The van der Waals surface area contributed by atoms with Crippen LogP contribution in [0.2, 0.25) is 0 Å². The van der Waals surface area contributed by atoms with Crippen LogP contribution in [0.15, 0.2) is 60.7 Å². The maximum Gasteiger partial charge on any atom is 0.207 e. The second-order valence-electron chi connectivity index (χ2n) is 4.16. The molecule has 4 nitrogen and oxygen atoms in total. The molecule has 0 aliphatic heterocycles.